The first-order valence-electron chi connectivity index (χ1n) is 8.32. The zero-order chi connectivity index (χ0) is 18.4. The lowest BCUT2D eigenvalue weighted by Crippen LogP contribution is -2.33. The summed E-state index contributed by atoms with van der Waals surface area (Å²) >= 11 is 0. The number of carbonyl (C=O) groups is 2. The summed E-state index contributed by atoms with van der Waals surface area (Å²) in [4.78, 5) is 24.2. The second-order valence-corrected chi connectivity index (χ2v) is 5.96. The van der Waals surface area contributed by atoms with Crippen molar-refractivity contribution in [2.24, 2.45) is 0 Å². The van der Waals surface area contributed by atoms with Crippen LogP contribution in [0.4, 0.5) is 5.69 Å². The van der Waals surface area contributed by atoms with Crippen molar-refractivity contribution >= 4 is 17.5 Å². The van der Waals surface area contributed by atoms with Crippen LogP contribution in [-0.2, 0) is 11.3 Å². The van der Waals surface area contributed by atoms with Gasteiger partial charge in [0.2, 0.25) is 5.91 Å². The zero-order valence-corrected chi connectivity index (χ0v) is 14.5. The van der Waals surface area contributed by atoms with Crippen LogP contribution in [0.2, 0.25) is 0 Å². The van der Waals surface area contributed by atoms with Crippen LogP contribution in [0.5, 0.6) is 0 Å². The predicted molar refractivity (Wildman–Crippen MR) is 99.9 cm³/mol. The molecule has 0 spiro atoms. The van der Waals surface area contributed by atoms with Crippen LogP contribution in [0.1, 0.15) is 21.5 Å². The summed E-state index contributed by atoms with van der Waals surface area (Å²) in [6.07, 6.45) is 3.35. The lowest BCUT2D eigenvalue weighted by atomic mass is 10.1. The van der Waals surface area contributed by atoms with Gasteiger partial charge < -0.3 is 10.6 Å². The Morgan fingerprint density at radius 3 is 2.54 bits per heavy atom. The van der Waals surface area contributed by atoms with Crippen LogP contribution in [0.3, 0.4) is 0 Å². The van der Waals surface area contributed by atoms with E-state index in [1.54, 1.807) is 29.2 Å². The zero-order valence-electron chi connectivity index (χ0n) is 14.5. The maximum Gasteiger partial charge on any atom is 0.251 e. The Kier molecular flexibility index (Phi) is 5.43. The van der Waals surface area contributed by atoms with Gasteiger partial charge in [-0.1, -0.05) is 48.5 Å². The number of hydrogen-bond donors (Lipinski definition) is 2. The smallest absolute Gasteiger partial charge is 0.251 e. The van der Waals surface area contributed by atoms with E-state index in [1.165, 1.54) is 0 Å². The van der Waals surface area contributed by atoms with Crippen LogP contribution < -0.4 is 10.6 Å². The number of amides is 2. The van der Waals surface area contributed by atoms with E-state index in [-0.39, 0.29) is 18.4 Å². The van der Waals surface area contributed by atoms with E-state index in [2.05, 4.69) is 15.7 Å². The lowest BCUT2D eigenvalue weighted by Gasteiger charge is -2.07. The van der Waals surface area contributed by atoms with Gasteiger partial charge in [-0.25, -0.2) is 0 Å². The van der Waals surface area contributed by atoms with Gasteiger partial charge in [0.25, 0.3) is 5.91 Å². The second kappa shape index (κ2) is 8.11. The van der Waals surface area contributed by atoms with E-state index in [9.17, 15) is 9.59 Å². The summed E-state index contributed by atoms with van der Waals surface area (Å²) in [7, 11) is 0. The highest BCUT2D eigenvalue weighted by atomic mass is 16.2. The van der Waals surface area contributed by atoms with Crippen LogP contribution in [-0.4, -0.2) is 28.1 Å². The molecule has 132 valence electrons. The molecular formula is C20H20N4O2. The van der Waals surface area contributed by atoms with Crippen LogP contribution in [0, 0.1) is 6.92 Å². The Morgan fingerprint density at radius 2 is 1.77 bits per heavy atom. The van der Waals surface area contributed by atoms with Crippen LogP contribution in [0.25, 0.3) is 0 Å². The second-order valence-electron chi connectivity index (χ2n) is 5.96. The van der Waals surface area contributed by atoms with E-state index in [4.69, 9.17) is 0 Å². The number of carbonyl (C=O) groups excluding carboxylic acids is 2. The highest BCUT2D eigenvalue weighted by Gasteiger charge is 2.10. The van der Waals surface area contributed by atoms with Gasteiger partial charge in [0, 0.05) is 11.8 Å². The summed E-state index contributed by atoms with van der Waals surface area (Å²) in [6.45, 7) is 2.38. The molecule has 0 radical (unpaired) electrons. The minimum absolute atomic E-state index is 0.100. The molecule has 6 heteroatoms. The summed E-state index contributed by atoms with van der Waals surface area (Å²) in [5.74, 6) is -0.566. The molecule has 0 aliphatic rings. The molecule has 1 aromatic heterocycles. The van der Waals surface area contributed by atoms with Crippen LogP contribution >= 0.6 is 0 Å². The van der Waals surface area contributed by atoms with Gasteiger partial charge in [0.15, 0.2) is 0 Å². The standard InChI is InChI=1S/C20H20N4O2/c1-15-7-5-6-10-18(15)20(26)21-12-19(25)23-17-11-22-24(14-17)13-16-8-3-2-4-9-16/h2-11,14H,12-13H2,1H3,(H,21,26)(H,23,25). The Balaban J connectivity index is 1.51. The molecule has 2 amide bonds. The van der Waals surface area contributed by atoms with E-state index >= 15 is 0 Å². The van der Waals surface area contributed by atoms with Crippen molar-refractivity contribution in [3.05, 3.63) is 83.7 Å². The molecule has 0 aliphatic heterocycles. The number of anilines is 1. The van der Waals surface area contributed by atoms with Crippen molar-refractivity contribution in [2.45, 2.75) is 13.5 Å². The van der Waals surface area contributed by atoms with Crippen molar-refractivity contribution in [3.8, 4) is 0 Å². The van der Waals surface area contributed by atoms with Crippen LogP contribution in [0.15, 0.2) is 67.0 Å². The van der Waals surface area contributed by atoms with Gasteiger partial charge in [0.1, 0.15) is 0 Å². The normalized spacial score (nSPS) is 10.3. The highest BCUT2D eigenvalue weighted by Crippen LogP contribution is 2.08. The molecule has 2 N–H and O–H groups in total. The van der Waals surface area contributed by atoms with Gasteiger partial charge in [-0.3, -0.25) is 14.3 Å². The number of hydrogen-bond acceptors (Lipinski definition) is 3. The molecule has 0 atom stereocenters. The largest absolute Gasteiger partial charge is 0.343 e. The van der Waals surface area contributed by atoms with Crippen molar-refractivity contribution in [2.75, 3.05) is 11.9 Å². The molecule has 6 nitrogen and oxygen atoms in total. The molecule has 1 heterocycles. The lowest BCUT2D eigenvalue weighted by molar-refractivity contribution is -0.115. The topological polar surface area (TPSA) is 76.0 Å². The van der Waals surface area contributed by atoms with Gasteiger partial charge in [-0.15, -0.1) is 0 Å². The molecule has 0 saturated heterocycles. The Morgan fingerprint density at radius 1 is 1.04 bits per heavy atom. The number of aromatic nitrogens is 2. The van der Waals surface area contributed by atoms with Gasteiger partial charge >= 0.3 is 0 Å². The molecule has 0 saturated carbocycles. The first kappa shape index (κ1) is 17.4. The van der Waals surface area contributed by atoms with Gasteiger partial charge in [-0.05, 0) is 24.1 Å². The molecule has 2 aromatic carbocycles. The third-order valence-electron chi connectivity index (χ3n) is 3.90. The van der Waals surface area contributed by atoms with Crippen molar-refractivity contribution in [1.29, 1.82) is 0 Å². The van der Waals surface area contributed by atoms with Crippen molar-refractivity contribution in [3.63, 3.8) is 0 Å². The minimum Gasteiger partial charge on any atom is -0.343 e. The van der Waals surface area contributed by atoms with Crippen molar-refractivity contribution < 1.29 is 9.59 Å². The van der Waals surface area contributed by atoms with E-state index in [0.29, 0.717) is 17.8 Å². The molecular weight excluding hydrogens is 328 g/mol. The maximum absolute atomic E-state index is 12.1. The molecule has 0 aliphatic carbocycles. The minimum atomic E-state index is -0.300. The number of rotatable bonds is 6. The Bertz CT molecular complexity index is 903. The third-order valence-corrected chi connectivity index (χ3v) is 3.90. The number of nitrogens with one attached hydrogen (secondary N) is 2. The summed E-state index contributed by atoms with van der Waals surface area (Å²) in [5, 5.41) is 9.59. The first-order valence-corrected chi connectivity index (χ1v) is 8.32. The fourth-order valence-electron chi connectivity index (χ4n) is 2.57. The maximum atomic E-state index is 12.1. The Hall–Kier alpha value is -3.41. The number of nitrogens with zero attached hydrogens (tertiary/aromatic N) is 2. The summed E-state index contributed by atoms with van der Waals surface area (Å²) in [6, 6.07) is 17.2. The summed E-state index contributed by atoms with van der Waals surface area (Å²) < 4.78 is 1.75. The highest BCUT2D eigenvalue weighted by molar-refractivity contribution is 5.99. The van der Waals surface area contributed by atoms with Gasteiger partial charge in [0.05, 0.1) is 25.0 Å². The predicted octanol–water partition coefficient (Wildman–Crippen LogP) is 2.61. The molecule has 3 aromatic rings. The van der Waals surface area contributed by atoms with E-state index in [1.807, 2.05) is 49.4 Å². The average Bonchev–Trinajstić information content (AvgIpc) is 3.07. The number of aryl methyl sites for hydroxylation is 1. The van der Waals surface area contributed by atoms with Crippen molar-refractivity contribution in [1.82, 2.24) is 15.1 Å². The Labute approximate surface area is 151 Å². The SMILES string of the molecule is Cc1ccccc1C(=O)NCC(=O)Nc1cnn(Cc2ccccc2)c1. The van der Waals surface area contributed by atoms with Gasteiger partial charge in [-0.2, -0.15) is 5.10 Å². The van der Waals surface area contributed by atoms with E-state index in [0.717, 1.165) is 11.1 Å². The number of benzene rings is 2. The molecule has 3 rings (SSSR count). The molecule has 0 fully saturated rings. The monoisotopic (exact) mass is 348 g/mol. The molecule has 0 bridgehead atoms. The third kappa shape index (κ3) is 4.57. The molecule has 0 unspecified atom stereocenters. The fourth-order valence-corrected chi connectivity index (χ4v) is 2.57. The van der Waals surface area contributed by atoms with E-state index < -0.39 is 0 Å². The molecule has 26 heavy (non-hydrogen) atoms. The average molecular weight is 348 g/mol. The quantitative estimate of drug-likeness (QED) is 0.719. The first-order chi connectivity index (χ1) is 12.6. The summed E-state index contributed by atoms with van der Waals surface area (Å²) in [5.41, 5.74) is 3.15. The fraction of sp³-hybridized carbons (Fsp3) is 0.150.